The molecule has 0 saturated carbocycles. The zero-order valence-electron chi connectivity index (χ0n) is 31.4. The SMILES string of the molecule is CCCCCCCCCCCCCCCCCCO[N+](C)(CCCC)OCCCCCCCCCCCCCCCCCC. The predicted octanol–water partition coefficient (Wildman–Crippen LogP) is 14.6. The van der Waals surface area contributed by atoms with Crippen LogP contribution in [0.15, 0.2) is 0 Å². The summed E-state index contributed by atoms with van der Waals surface area (Å²) in [5.41, 5.74) is 0. The highest BCUT2D eigenvalue weighted by Crippen LogP contribution is 2.17. The minimum atomic E-state index is 0.353. The lowest BCUT2D eigenvalue weighted by Crippen LogP contribution is -2.45. The fourth-order valence-electron chi connectivity index (χ4n) is 6.43. The number of hydroxylamine groups is 4. The van der Waals surface area contributed by atoms with E-state index in [1.807, 2.05) is 0 Å². The Morgan fingerprint density at radius 1 is 0.273 bits per heavy atom. The van der Waals surface area contributed by atoms with Crippen LogP contribution in [0, 0.1) is 0 Å². The van der Waals surface area contributed by atoms with Gasteiger partial charge in [0.25, 0.3) is 0 Å². The molecule has 0 N–H and O–H groups in total. The zero-order valence-corrected chi connectivity index (χ0v) is 31.4. The van der Waals surface area contributed by atoms with Crippen LogP contribution in [0.1, 0.15) is 239 Å². The summed E-state index contributed by atoms with van der Waals surface area (Å²) in [5.74, 6) is 0. The highest BCUT2D eigenvalue weighted by molar-refractivity contribution is 4.51. The van der Waals surface area contributed by atoms with E-state index in [4.69, 9.17) is 9.68 Å². The molecule has 0 rings (SSSR count). The van der Waals surface area contributed by atoms with Crippen LogP contribution in [0.2, 0.25) is 0 Å². The lowest BCUT2D eigenvalue weighted by atomic mass is 10.0. The molecule has 0 saturated heterocycles. The first-order valence-electron chi connectivity index (χ1n) is 20.8. The van der Waals surface area contributed by atoms with Crippen molar-refractivity contribution >= 4 is 0 Å². The van der Waals surface area contributed by atoms with Gasteiger partial charge < -0.3 is 0 Å². The van der Waals surface area contributed by atoms with Crippen molar-refractivity contribution in [1.82, 2.24) is 0 Å². The minimum absolute atomic E-state index is 0.353. The molecule has 3 nitrogen and oxygen atoms in total. The van der Waals surface area contributed by atoms with Crippen molar-refractivity contribution < 1.29 is 14.5 Å². The maximum Gasteiger partial charge on any atom is 0.142 e. The molecule has 44 heavy (non-hydrogen) atoms. The fraction of sp³-hybridized carbons (Fsp3) is 1.00. The normalized spacial score (nSPS) is 12.0. The van der Waals surface area contributed by atoms with Gasteiger partial charge >= 0.3 is 0 Å². The van der Waals surface area contributed by atoms with Crippen LogP contribution in [0.5, 0.6) is 0 Å². The zero-order chi connectivity index (χ0) is 32.1. The number of nitrogens with zero attached hydrogens (tertiary/aromatic N) is 1. The third kappa shape index (κ3) is 34.7. The Hall–Kier alpha value is -0.120. The summed E-state index contributed by atoms with van der Waals surface area (Å²) in [6.07, 6.45) is 47.4. The van der Waals surface area contributed by atoms with E-state index in [0.717, 1.165) is 26.2 Å². The molecule has 0 aliphatic carbocycles. The Labute approximate surface area is 279 Å². The smallest absolute Gasteiger partial charge is 0.142 e. The molecule has 0 unspecified atom stereocenters. The van der Waals surface area contributed by atoms with Crippen LogP contribution in [-0.2, 0) is 9.68 Å². The molecule has 0 bridgehead atoms. The van der Waals surface area contributed by atoms with E-state index in [9.17, 15) is 0 Å². The highest BCUT2D eigenvalue weighted by atomic mass is 17.0. The number of hydrogen-bond donors (Lipinski definition) is 0. The molecule has 0 radical (unpaired) electrons. The van der Waals surface area contributed by atoms with E-state index in [2.05, 4.69) is 27.8 Å². The second kappa shape index (κ2) is 37.3. The second-order valence-electron chi connectivity index (χ2n) is 14.4. The lowest BCUT2D eigenvalue weighted by Gasteiger charge is -2.28. The van der Waals surface area contributed by atoms with Crippen molar-refractivity contribution in [2.75, 3.05) is 26.8 Å². The van der Waals surface area contributed by atoms with E-state index < -0.39 is 0 Å². The Morgan fingerprint density at radius 2 is 0.477 bits per heavy atom. The van der Waals surface area contributed by atoms with Gasteiger partial charge in [0.2, 0.25) is 0 Å². The van der Waals surface area contributed by atoms with Crippen LogP contribution >= 0.6 is 0 Å². The maximum absolute atomic E-state index is 6.30. The van der Waals surface area contributed by atoms with E-state index in [1.54, 1.807) is 0 Å². The first-order valence-corrected chi connectivity index (χ1v) is 20.8. The molecule has 0 aromatic heterocycles. The average molecular weight is 625 g/mol. The summed E-state index contributed by atoms with van der Waals surface area (Å²) in [6, 6.07) is 0. The van der Waals surface area contributed by atoms with Gasteiger partial charge in [-0.2, -0.15) is 9.68 Å². The molecule has 0 amide bonds. The fourth-order valence-corrected chi connectivity index (χ4v) is 6.43. The molecule has 0 aromatic rings. The van der Waals surface area contributed by atoms with Gasteiger partial charge in [-0.05, 0) is 17.7 Å². The Bertz CT molecular complexity index is 473. The summed E-state index contributed by atoms with van der Waals surface area (Å²) in [4.78, 5) is 12.9. The molecule has 3 heteroatoms. The Balaban J connectivity index is 3.56. The number of hydrogen-bond acceptors (Lipinski definition) is 2. The van der Waals surface area contributed by atoms with Gasteiger partial charge in [0, 0.05) is 6.42 Å². The molecular weight excluding hydrogens is 538 g/mol. The van der Waals surface area contributed by atoms with Crippen LogP contribution < -0.4 is 0 Å². The number of quaternary nitrogens is 1. The van der Waals surface area contributed by atoms with E-state index in [0.29, 0.717) is 4.81 Å². The van der Waals surface area contributed by atoms with Crippen LogP contribution in [0.3, 0.4) is 0 Å². The summed E-state index contributed by atoms with van der Waals surface area (Å²) in [7, 11) is 2.13. The van der Waals surface area contributed by atoms with Gasteiger partial charge in [0.15, 0.2) is 0 Å². The van der Waals surface area contributed by atoms with Crippen molar-refractivity contribution in [1.29, 1.82) is 0 Å². The van der Waals surface area contributed by atoms with E-state index >= 15 is 0 Å². The Morgan fingerprint density at radius 3 is 0.705 bits per heavy atom. The Kier molecular flexibility index (Phi) is 37.2. The summed E-state index contributed by atoms with van der Waals surface area (Å²) in [5, 5.41) is 0. The second-order valence-corrected chi connectivity index (χ2v) is 14.4. The first kappa shape index (κ1) is 43.9. The molecule has 0 heterocycles. The monoisotopic (exact) mass is 625 g/mol. The molecule has 0 fully saturated rings. The standard InChI is InChI=1S/C41H86NO2/c1-5-8-11-13-15-17-19-21-23-25-27-29-31-33-35-37-40-43-42(4,39-10-7-3)44-41-38-36-34-32-30-28-26-24-22-20-18-16-14-12-9-6-2/h5-41H2,1-4H3/q+1. The average Bonchev–Trinajstić information content (AvgIpc) is 3.03. The molecule has 266 valence electrons. The summed E-state index contributed by atoms with van der Waals surface area (Å²) < 4.78 is 0. The minimum Gasteiger partial charge on any atom is -0.168 e. The number of unbranched alkanes of at least 4 members (excludes halogenated alkanes) is 31. The van der Waals surface area contributed by atoms with Crippen molar-refractivity contribution in [3.63, 3.8) is 0 Å². The van der Waals surface area contributed by atoms with Gasteiger partial charge in [-0.1, -0.05) is 220 Å². The van der Waals surface area contributed by atoms with E-state index in [1.165, 1.54) is 212 Å². The van der Waals surface area contributed by atoms with Crippen molar-refractivity contribution in [2.24, 2.45) is 0 Å². The number of rotatable bonds is 39. The first-order chi connectivity index (χ1) is 21.7. The van der Waals surface area contributed by atoms with Gasteiger partial charge in [-0.15, -0.1) is 0 Å². The molecule has 0 aliphatic rings. The van der Waals surface area contributed by atoms with Crippen molar-refractivity contribution in [2.45, 2.75) is 239 Å². The predicted molar refractivity (Wildman–Crippen MR) is 197 cm³/mol. The van der Waals surface area contributed by atoms with Gasteiger partial charge in [0.1, 0.15) is 26.8 Å². The van der Waals surface area contributed by atoms with Gasteiger partial charge in [0.05, 0.1) is 0 Å². The maximum atomic E-state index is 6.30. The van der Waals surface area contributed by atoms with Crippen molar-refractivity contribution in [3.05, 3.63) is 0 Å². The summed E-state index contributed by atoms with van der Waals surface area (Å²) >= 11 is 0. The lowest BCUT2D eigenvalue weighted by molar-refractivity contribution is -1.23. The highest BCUT2D eigenvalue weighted by Gasteiger charge is 2.25. The van der Waals surface area contributed by atoms with Crippen LogP contribution in [0.4, 0.5) is 0 Å². The quantitative estimate of drug-likeness (QED) is 0.0385. The topological polar surface area (TPSA) is 18.5 Å². The molecular formula is C41H86NO2+. The molecule has 0 aromatic carbocycles. The van der Waals surface area contributed by atoms with Gasteiger partial charge in [-0.25, -0.2) is 0 Å². The summed E-state index contributed by atoms with van der Waals surface area (Å²) in [6.45, 7) is 9.49. The third-order valence-electron chi connectivity index (χ3n) is 9.64. The van der Waals surface area contributed by atoms with Crippen LogP contribution in [-0.4, -0.2) is 31.6 Å². The molecule has 0 spiro atoms. The van der Waals surface area contributed by atoms with E-state index in [-0.39, 0.29) is 0 Å². The van der Waals surface area contributed by atoms with Crippen molar-refractivity contribution in [3.8, 4) is 0 Å². The largest absolute Gasteiger partial charge is 0.168 e. The van der Waals surface area contributed by atoms with Gasteiger partial charge in [-0.3, -0.25) is 0 Å². The molecule has 0 aliphatic heterocycles. The van der Waals surface area contributed by atoms with Crippen LogP contribution in [0.25, 0.3) is 0 Å². The third-order valence-corrected chi connectivity index (χ3v) is 9.64. The molecule has 0 atom stereocenters.